The molecule has 0 radical (unpaired) electrons. The zero-order valence-electron chi connectivity index (χ0n) is 25.1. The van der Waals surface area contributed by atoms with E-state index in [0.717, 1.165) is 12.8 Å². The molecule has 0 aliphatic rings. The Morgan fingerprint density at radius 1 is 0.619 bits per heavy atom. The summed E-state index contributed by atoms with van der Waals surface area (Å²) in [6.07, 6.45) is 21.3. The molecule has 0 bridgehead atoms. The summed E-state index contributed by atoms with van der Waals surface area (Å²) in [5.74, 6) is 0.779. The van der Waals surface area contributed by atoms with Crippen LogP contribution in [0.25, 0.3) is 0 Å². The predicted molar refractivity (Wildman–Crippen MR) is 186 cm³/mol. The van der Waals surface area contributed by atoms with Gasteiger partial charge in [-0.2, -0.15) is 11.8 Å². The highest BCUT2D eigenvalue weighted by atomic mass is 32.2. The smallest absolute Gasteiger partial charge is 0.333 e. The van der Waals surface area contributed by atoms with Crippen molar-refractivity contribution in [2.24, 2.45) is 5.41 Å². The van der Waals surface area contributed by atoms with E-state index in [1.807, 2.05) is 13.8 Å². The van der Waals surface area contributed by atoms with E-state index in [-0.39, 0.29) is 48.9 Å². The maximum atomic E-state index is 12.4. The maximum absolute atomic E-state index is 12.4. The second kappa shape index (κ2) is 36.1. The van der Waals surface area contributed by atoms with Gasteiger partial charge in [-0.3, -0.25) is 4.79 Å². The van der Waals surface area contributed by atoms with Gasteiger partial charge in [-0.15, -0.1) is 0 Å². The Kier molecular flexibility index (Phi) is 43.5. The van der Waals surface area contributed by atoms with Crippen molar-refractivity contribution < 1.29 is 28.8 Å². The number of hydrogen-bond donors (Lipinski definition) is 0. The van der Waals surface area contributed by atoms with Crippen LogP contribution in [0.3, 0.4) is 0 Å². The molecular formula is C35H74O6S. The molecule has 0 amide bonds. The van der Waals surface area contributed by atoms with Crippen LogP contribution in [-0.4, -0.2) is 49.9 Å². The summed E-state index contributed by atoms with van der Waals surface area (Å²) in [5, 5.41) is 0. The van der Waals surface area contributed by atoms with E-state index in [1.54, 1.807) is 18.7 Å². The Morgan fingerprint density at radius 2 is 1.05 bits per heavy atom. The molecule has 6 nitrogen and oxygen atoms in total. The molecule has 0 spiro atoms. The fourth-order valence-corrected chi connectivity index (χ4v) is 4.86. The van der Waals surface area contributed by atoms with Gasteiger partial charge in [0.1, 0.15) is 13.2 Å². The monoisotopic (exact) mass is 623 g/mol. The first kappa shape index (κ1) is 50.6. The summed E-state index contributed by atoms with van der Waals surface area (Å²) in [4.78, 5) is 33.7. The van der Waals surface area contributed by atoms with Crippen LogP contribution in [0.1, 0.15) is 160 Å². The van der Waals surface area contributed by atoms with Crippen molar-refractivity contribution in [3.63, 3.8) is 0 Å². The number of esters is 2. The highest BCUT2D eigenvalue weighted by molar-refractivity contribution is 7.99. The van der Waals surface area contributed by atoms with Crippen molar-refractivity contribution in [2.75, 3.05) is 37.9 Å². The molecule has 0 aromatic carbocycles. The molecule has 0 unspecified atom stereocenters. The quantitative estimate of drug-likeness (QED) is 0.0282. The van der Waals surface area contributed by atoms with E-state index in [1.165, 1.54) is 89.9 Å². The van der Waals surface area contributed by atoms with Gasteiger partial charge in [0.05, 0.1) is 18.6 Å². The summed E-state index contributed by atoms with van der Waals surface area (Å²) in [5.41, 5.74) is -0.175. The minimum absolute atomic E-state index is 0. The molecule has 0 aliphatic carbocycles. The average molecular weight is 623 g/mol. The van der Waals surface area contributed by atoms with E-state index in [9.17, 15) is 9.59 Å². The van der Waals surface area contributed by atoms with E-state index in [4.69, 9.17) is 19.2 Å². The Hall–Kier alpha value is -1.05. The molecule has 0 fully saturated rings. The van der Waals surface area contributed by atoms with Crippen LogP contribution in [0.15, 0.2) is 12.2 Å². The first-order valence-electron chi connectivity index (χ1n) is 15.1. The number of thioether (sulfide) groups is 1. The first-order chi connectivity index (χ1) is 18.3. The maximum Gasteiger partial charge on any atom is 0.333 e. The van der Waals surface area contributed by atoms with Crippen molar-refractivity contribution in [3.05, 3.63) is 12.2 Å². The molecule has 0 heterocycles. The Labute approximate surface area is 267 Å². The molecule has 0 saturated carbocycles. The van der Waals surface area contributed by atoms with Crippen LogP contribution in [-0.2, 0) is 28.8 Å². The minimum atomic E-state index is -0.530. The lowest BCUT2D eigenvalue weighted by molar-refractivity contribution is -0.294. The summed E-state index contributed by atoms with van der Waals surface area (Å²) in [6, 6.07) is 0. The number of ether oxygens (including phenoxy) is 2. The second-order valence-corrected chi connectivity index (χ2v) is 12.0. The van der Waals surface area contributed by atoms with Crippen LogP contribution in [0, 0.1) is 5.41 Å². The summed E-state index contributed by atoms with van der Waals surface area (Å²) in [6.45, 7) is 12.4. The molecule has 0 rings (SSSR count). The van der Waals surface area contributed by atoms with Gasteiger partial charge in [0.2, 0.25) is 0 Å². The Bertz CT molecular complexity index is 594. The highest BCUT2D eigenvalue weighted by Gasteiger charge is 2.29. The standard InChI is InChI=1S/C31H58O6S.4CH4/c1-6-7-8-9-10-11-12-13-14-15-16-17-18-19-20-21-22-35-30(33)31(4,5)27-38-26-25-37-36-24-23-34-29(32)28(2)3;;;;/h2,6-27H2,1,3-5H3;4*1H4. The fourth-order valence-electron chi connectivity index (χ4n) is 3.90. The van der Waals surface area contributed by atoms with Crippen molar-refractivity contribution in [1.82, 2.24) is 0 Å². The SMILES string of the molecule is C.C.C.C.C=C(C)C(=O)OCCOOCCSCC(C)(C)C(=O)OCCCCCCCCCCCCCCCCCC. The number of hydrogen-bond acceptors (Lipinski definition) is 7. The van der Waals surface area contributed by atoms with Crippen LogP contribution < -0.4 is 0 Å². The van der Waals surface area contributed by atoms with Gasteiger partial charge in [-0.05, 0) is 27.2 Å². The van der Waals surface area contributed by atoms with Gasteiger partial charge in [0.15, 0.2) is 0 Å². The first-order valence-corrected chi connectivity index (χ1v) is 16.3. The molecule has 7 heteroatoms. The van der Waals surface area contributed by atoms with E-state index in [2.05, 4.69) is 13.5 Å². The molecule has 0 aliphatic heterocycles. The lowest BCUT2D eigenvalue weighted by atomic mass is 9.97. The lowest BCUT2D eigenvalue weighted by Crippen LogP contribution is -2.29. The van der Waals surface area contributed by atoms with E-state index >= 15 is 0 Å². The summed E-state index contributed by atoms with van der Waals surface area (Å²) >= 11 is 1.62. The third kappa shape index (κ3) is 33.5. The molecule has 0 atom stereocenters. The van der Waals surface area contributed by atoms with Gasteiger partial charge in [0.25, 0.3) is 0 Å². The minimum Gasteiger partial charge on any atom is -0.465 e. The average Bonchev–Trinajstić information content (AvgIpc) is 2.89. The third-order valence-electron chi connectivity index (χ3n) is 6.39. The molecule has 0 aromatic heterocycles. The molecule has 0 N–H and O–H groups in total. The summed E-state index contributed by atoms with van der Waals surface area (Å²) < 4.78 is 10.4. The lowest BCUT2D eigenvalue weighted by Gasteiger charge is -2.22. The van der Waals surface area contributed by atoms with Gasteiger partial charge < -0.3 is 9.47 Å². The van der Waals surface area contributed by atoms with Gasteiger partial charge in [-0.25, -0.2) is 14.6 Å². The number of carbonyl (C=O) groups is 2. The number of unbranched alkanes of at least 4 members (excludes halogenated alkanes) is 15. The number of rotatable bonds is 28. The van der Waals surface area contributed by atoms with Crippen LogP contribution in [0.2, 0.25) is 0 Å². The van der Waals surface area contributed by atoms with Crippen molar-refractivity contribution in [1.29, 1.82) is 0 Å². The van der Waals surface area contributed by atoms with Crippen LogP contribution in [0.5, 0.6) is 0 Å². The van der Waals surface area contributed by atoms with Crippen LogP contribution in [0.4, 0.5) is 0 Å². The zero-order valence-corrected chi connectivity index (χ0v) is 25.9. The number of carbonyl (C=O) groups excluding carboxylic acids is 2. The summed E-state index contributed by atoms with van der Waals surface area (Å²) in [7, 11) is 0. The highest BCUT2D eigenvalue weighted by Crippen LogP contribution is 2.24. The zero-order chi connectivity index (χ0) is 28.3. The second-order valence-electron chi connectivity index (χ2n) is 10.9. The topological polar surface area (TPSA) is 71.1 Å². The fraction of sp³-hybridized carbons (Fsp3) is 0.886. The largest absolute Gasteiger partial charge is 0.465 e. The molecule has 256 valence electrons. The predicted octanol–water partition coefficient (Wildman–Crippen LogP) is 11.2. The molecule has 42 heavy (non-hydrogen) atoms. The van der Waals surface area contributed by atoms with Gasteiger partial charge in [-0.1, -0.05) is 140 Å². The molecule has 0 saturated heterocycles. The van der Waals surface area contributed by atoms with Crippen molar-refractivity contribution >= 4 is 23.7 Å². The van der Waals surface area contributed by atoms with E-state index < -0.39 is 11.4 Å². The van der Waals surface area contributed by atoms with Gasteiger partial charge >= 0.3 is 11.9 Å². The van der Waals surface area contributed by atoms with Crippen LogP contribution >= 0.6 is 11.8 Å². The Balaban J connectivity index is -0.00000114. The van der Waals surface area contributed by atoms with Crippen molar-refractivity contribution in [3.8, 4) is 0 Å². The van der Waals surface area contributed by atoms with Crippen molar-refractivity contribution in [2.45, 2.75) is 160 Å². The Morgan fingerprint density at radius 3 is 1.50 bits per heavy atom. The normalized spacial score (nSPS) is 10.4. The molecular weight excluding hydrogens is 548 g/mol. The molecule has 0 aromatic rings. The third-order valence-corrected chi connectivity index (χ3v) is 7.77. The van der Waals surface area contributed by atoms with E-state index in [0.29, 0.717) is 30.3 Å². The van der Waals surface area contributed by atoms with Gasteiger partial charge in [0, 0.05) is 17.1 Å².